The van der Waals surface area contributed by atoms with Crippen molar-refractivity contribution in [1.29, 1.82) is 0 Å². The van der Waals surface area contributed by atoms with Crippen LogP contribution in [0.25, 0.3) is 11.4 Å². The Balaban J connectivity index is 0.000000222. The molecule has 1 spiro atoms. The minimum absolute atomic E-state index is 0.0274. The minimum atomic E-state index is -4.58. The van der Waals surface area contributed by atoms with Crippen LogP contribution in [0.4, 0.5) is 11.4 Å². The molecule has 67 heavy (non-hydrogen) atoms. The molecule has 7 rings (SSSR count). The Morgan fingerprint density at radius 3 is 1.78 bits per heavy atom. The summed E-state index contributed by atoms with van der Waals surface area (Å²) in [5.41, 5.74) is 23.5. The topological polar surface area (TPSA) is 480 Å². The second-order valence-corrected chi connectivity index (χ2v) is 22.1. The number of azo groups is 1. The van der Waals surface area contributed by atoms with Crippen molar-refractivity contribution in [3.63, 3.8) is 0 Å². The monoisotopic (exact) mass is 1020 g/mol. The van der Waals surface area contributed by atoms with Crippen LogP contribution in [-0.4, -0.2) is 166 Å². The number of hydrogen-bond acceptors (Lipinski definition) is 24. The zero-order valence-corrected chi connectivity index (χ0v) is 39.0. The molecule has 1 saturated heterocycles. The largest absolute Gasteiger partial charge is 0.390 e. The SMILES string of the molecule is NCC1=CCN(c2ccc(S(=O)(=O)NC[C@H](O)CN)c(S(N)(=O)=O)c2-c2nn[nH]n2)CC1.NC[C@@H](O)CNS(=O)(=O)c1ccc(N2CCC3(CC2)CN=C(N)N3)c(C2=NCN=N2)c1S(N)(=O)=O. The number of aliphatic hydroxyl groups excluding tert-OH is 2. The van der Waals surface area contributed by atoms with Gasteiger partial charge in [-0.05, 0) is 48.7 Å². The maximum absolute atomic E-state index is 13.1. The summed E-state index contributed by atoms with van der Waals surface area (Å²) in [4.78, 5) is 9.62. The van der Waals surface area contributed by atoms with Crippen molar-refractivity contribution >= 4 is 63.3 Å². The van der Waals surface area contributed by atoms with Gasteiger partial charge >= 0.3 is 0 Å². The van der Waals surface area contributed by atoms with E-state index in [-0.39, 0.29) is 48.1 Å². The number of sulfonamides is 4. The number of H-pyrrole nitrogens is 1. The number of piperidine rings is 1. The number of tetrazole rings is 1. The molecule has 0 unspecified atom stereocenters. The molecule has 4 aliphatic heterocycles. The first-order valence-electron chi connectivity index (χ1n) is 20.3. The van der Waals surface area contributed by atoms with Crippen LogP contribution in [0.5, 0.6) is 0 Å². The van der Waals surface area contributed by atoms with Crippen LogP contribution in [0.3, 0.4) is 0 Å². The molecule has 1 fully saturated rings. The van der Waals surface area contributed by atoms with Gasteiger partial charge in [0.15, 0.2) is 18.5 Å². The van der Waals surface area contributed by atoms with Gasteiger partial charge in [-0.25, -0.2) is 58.4 Å². The Morgan fingerprint density at radius 1 is 0.776 bits per heavy atom. The summed E-state index contributed by atoms with van der Waals surface area (Å²) >= 11 is 0. The minimum Gasteiger partial charge on any atom is -0.390 e. The number of aliphatic hydroxyl groups is 2. The molecule has 33 heteroatoms. The summed E-state index contributed by atoms with van der Waals surface area (Å²) in [7, 11) is -18.0. The number of guanidine groups is 1. The van der Waals surface area contributed by atoms with E-state index in [0.717, 1.165) is 11.6 Å². The van der Waals surface area contributed by atoms with Crippen LogP contribution in [0, 0.1) is 0 Å². The number of nitrogens with zero attached hydrogens (tertiary/aromatic N) is 9. The Bertz CT molecular complexity index is 2890. The normalized spacial score (nSPS) is 18.5. The molecular formula is C34H53N19O10S4. The van der Waals surface area contributed by atoms with Gasteiger partial charge in [0.2, 0.25) is 45.9 Å². The van der Waals surface area contributed by atoms with Crippen molar-refractivity contribution in [2.45, 2.75) is 56.6 Å². The summed E-state index contributed by atoms with van der Waals surface area (Å²) < 4.78 is 107. The van der Waals surface area contributed by atoms with Crippen LogP contribution in [-0.2, 0) is 40.1 Å². The number of anilines is 2. The van der Waals surface area contributed by atoms with Crippen molar-refractivity contribution in [3.8, 4) is 11.4 Å². The number of nitrogens with two attached hydrogens (primary N) is 6. The van der Waals surface area contributed by atoms with Crippen LogP contribution in [0.2, 0.25) is 0 Å². The van der Waals surface area contributed by atoms with Crippen molar-refractivity contribution < 1.29 is 43.9 Å². The number of amidine groups is 1. The lowest BCUT2D eigenvalue weighted by Gasteiger charge is -2.40. The molecule has 29 nitrogen and oxygen atoms in total. The number of primary sulfonamides is 2. The number of rotatable bonds is 17. The van der Waals surface area contributed by atoms with E-state index in [2.05, 4.69) is 55.6 Å². The first-order valence-corrected chi connectivity index (χ1v) is 26.4. The maximum Gasteiger partial charge on any atom is 0.242 e. The first-order chi connectivity index (χ1) is 31.5. The highest BCUT2D eigenvalue weighted by Gasteiger charge is 2.41. The van der Waals surface area contributed by atoms with Crippen molar-refractivity contribution in [2.24, 2.45) is 53.4 Å². The molecule has 1 aromatic heterocycles. The fourth-order valence-electron chi connectivity index (χ4n) is 7.57. The van der Waals surface area contributed by atoms with Crippen LogP contribution in [0.1, 0.15) is 24.8 Å². The zero-order chi connectivity index (χ0) is 49.0. The molecule has 4 aliphatic rings. The standard InChI is InChI=1S/C18H28N10O5S2.C16H25N9O5S2/c19-7-11(29)8-25-35(32,33)13-2-1-12(14(15(13)34(21,30)31)16-23-10-24-27-16)28-5-3-18(4-6-28)9-22-17(20)26-18;17-7-10-3-5-25(6-4-10)12-1-2-13(32(29,30)20-9-11(26)8-18)15(31(19,27)28)14(12)16-21-23-24-22-16/h1-2,11,25,29H,3-10,19H2,(H3,20,22,26)(H2,21,30,31);1-3,11,20,26H,4-9,17-18H2,(H2,19,27,28)(H,21,22,23,24)/t2*11-/m11/s1. The number of hydrogen-bond donors (Lipinski definition) is 12. The third-order valence-corrected chi connectivity index (χ3v) is 16.2. The second kappa shape index (κ2) is 20.6. The van der Waals surface area contributed by atoms with Gasteiger partial charge in [0.05, 0.1) is 35.4 Å². The zero-order valence-electron chi connectivity index (χ0n) is 35.7. The van der Waals surface area contributed by atoms with Crippen LogP contribution < -0.4 is 57.8 Å². The van der Waals surface area contributed by atoms with Gasteiger partial charge in [0.1, 0.15) is 19.6 Å². The highest BCUT2D eigenvalue weighted by Crippen LogP contribution is 2.40. The van der Waals surface area contributed by atoms with Crippen LogP contribution in [0.15, 0.2) is 75.7 Å². The average Bonchev–Trinajstić information content (AvgIpc) is 4.11. The molecule has 2 atom stereocenters. The van der Waals surface area contributed by atoms with Gasteiger partial charge in [0.25, 0.3) is 0 Å². The van der Waals surface area contributed by atoms with Gasteiger partial charge < -0.3 is 48.3 Å². The number of nitrogens with one attached hydrogen (secondary N) is 4. The van der Waals surface area contributed by atoms with E-state index in [1.54, 1.807) is 0 Å². The second-order valence-electron chi connectivity index (χ2n) is 15.6. The molecule has 5 heterocycles. The molecule has 0 aliphatic carbocycles. The number of aromatic nitrogens is 4. The Hall–Kier alpha value is -5.17. The van der Waals surface area contributed by atoms with E-state index >= 15 is 0 Å². The predicted octanol–water partition coefficient (Wildman–Crippen LogP) is -5.43. The molecular weight excluding hydrogens is 963 g/mol. The van der Waals surface area contributed by atoms with E-state index in [1.165, 1.54) is 18.2 Å². The molecule has 0 bridgehead atoms. The lowest BCUT2D eigenvalue weighted by atomic mass is 9.88. The maximum atomic E-state index is 13.1. The van der Waals surface area contributed by atoms with Crippen LogP contribution >= 0.6 is 0 Å². The summed E-state index contributed by atoms with van der Waals surface area (Å²) in [6, 6.07) is 5.26. The van der Waals surface area contributed by atoms with Gasteiger partial charge in [0, 0.05) is 70.3 Å². The van der Waals surface area contributed by atoms with Gasteiger partial charge in [-0.15, -0.1) is 15.3 Å². The number of aliphatic imine (C=N–C) groups is 2. The fraction of sp³-hybridized carbons (Fsp3) is 0.500. The molecule has 18 N–H and O–H groups in total. The third-order valence-electron chi connectivity index (χ3n) is 11.1. The van der Waals surface area contributed by atoms with Crippen molar-refractivity contribution in [1.82, 2.24) is 35.4 Å². The average molecular weight is 1020 g/mol. The van der Waals surface area contributed by atoms with Gasteiger partial charge in [-0.3, -0.25) is 4.99 Å². The van der Waals surface area contributed by atoms with E-state index in [9.17, 15) is 43.9 Å². The smallest absolute Gasteiger partial charge is 0.242 e. The lowest BCUT2D eigenvalue weighted by Crippen LogP contribution is -2.55. The fourth-order valence-corrected chi connectivity index (χ4v) is 12.9. The van der Waals surface area contributed by atoms with Gasteiger partial charge in [-0.1, -0.05) is 11.6 Å². The first kappa shape index (κ1) is 51.2. The lowest BCUT2D eigenvalue weighted by molar-refractivity contribution is 0.186. The highest BCUT2D eigenvalue weighted by molar-refractivity contribution is 7.93. The molecule has 0 amide bonds. The molecule has 2 aromatic carbocycles. The summed E-state index contributed by atoms with van der Waals surface area (Å²) in [5.74, 6) is 0.213. The summed E-state index contributed by atoms with van der Waals surface area (Å²) in [6.45, 7) is 1.65. The predicted molar refractivity (Wildman–Crippen MR) is 243 cm³/mol. The quantitative estimate of drug-likeness (QED) is 0.0562. The summed E-state index contributed by atoms with van der Waals surface area (Å²) in [5, 5.41) is 54.6. The Labute approximate surface area is 385 Å². The van der Waals surface area contributed by atoms with E-state index in [4.69, 9.17) is 33.2 Å². The van der Waals surface area contributed by atoms with E-state index in [0.29, 0.717) is 75.9 Å². The molecule has 368 valence electrons. The van der Waals surface area contributed by atoms with E-state index < -0.39 is 85.0 Å². The number of benzene rings is 2. The van der Waals surface area contributed by atoms with E-state index in [1.807, 2.05) is 15.9 Å². The Kier molecular flexibility index (Phi) is 15.7. The van der Waals surface area contributed by atoms with Crippen molar-refractivity contribution in [2.75, 3.05) is 81.9 Å². The molecule has 0 radical (unpaired) electrons. The molecule has 0 saturated carbocycles. The number of aromatic amines is 1. The Morgan fingerprint density at radius 2 is 1.34 bits per heavy atom. The van der Waals surface area contributed by atoms with Gasteiger partial charge in [-0.2, -0.15) is 10.3 Å². The molecule has 3 aromatic rings. The highest BCUT2D eigenvalue weighted by atomic mass is 32.2. The summed E-state index contributed by atoms with van der Waals surface area (Å²) in [6.07, 6.45) is 1.57. The third kappa shape index (κ3) is 11.8. The van der Waals surface area contributed by atoms with Crippen molar-refractivity contribution in [3.05, 3.63) is 41.5 Å².